The molecule has 0 heterocycles. The Hall–Kier alpha value is -3.60. The number of nitrogens with one attached hydrogen (secondary N) is 1. The topological polar surface area (TPSA) is 69.6 Å². The SMILES string of the molecule is CC(C)(C)N(C(=O)O)C1CC1c1ccc(NC(=O)c2cccc(CCc3ccccc3)c2)cc1. The fourth-order valence-corrected chi connectivity index (χ4v) is 4.57. The maximum atomic E-state index is 12.8. The number of carbonyl (C=O) groups excluding carboxylic acids is 1. The van der Waals surface area contributed by atoms with Crippen LogP contribution in [-0.4, -0.2) is 33.6 Å². The Morgan fingerprint density at radius 1 is 0.912 bits per heavy atom. The minimum absolute atomic E-state index is 0.00318. The summed E-state index contributed by atoms with van der Waals surface area (Å²) < 4.78 is 0. The Labute approximate surface area is 201 Å². The van der Waals surface area contributed by atoms with Gasteiger partial charge in [-0.3, -0.25) is 9.69 Å². The molecule has 0 bridgehead atoms. The van der Waals surface area contributed by atoms with Gasteiger partial charge in [0.15, 0.2) is 0 Å². The number of nitrogens with zero attached hydrogens (tertiary/aromatic N) is 1. The lowest BCUT2D eigenvalue weighted by atomic mass is 10.0. The smallest absolute Gasteiger partial charge is 0.408 e. The molecule has 0 aromatic heterocycles. The number of hydrogen-bond acceptors (Lipinski definition) is 2. The molecule has 1 saturated carbocycles. The van der Waals surface area contributed by atoms with Crippen molar-refractivity contribution in [3.8, 4) is 0 Å². The molecule has 2 atom stereocenters. The molecular formula is C29H32N2O3. The van der Waals surface area contributed by atoms with E-state index in [0.29, 0.717) is 5.56 Å². The van der Waals surface area contributed by atoms with E-state index in [1.165, 1.54) is 5.56 Å². The highest BCUT2D eigenvalue weighted by Gasteiger charge is 2.48. The van der Waals surface area contributed by atoms with Crippen LogP contribution in [0.1, 0.15) is 60.2 Å². The first-order valence-electron chi connectivity index (χ1n) is 11.8. The van der Waals surface area contributed by atoms with Crippen LogP contribution in [0.4, 0.5) is 10.5 Å². The van der Waals surface area contributed by atoms with Crippen molar-refractivity contribution < 1.29 is 14.7 Å². The van der Waals surface area contributed by atoms with Crippen molar-refractivity contribution in [3.63, 3.8) is 0 Å². The molecule has 2 amide bonds. The standard InChI is InChI=1S/C29H32N2O3/c1-29(2,3)31(28(33)34)26-19-25(26)22-14-16-24(17-15-22)30-27(32)23-11-7-10-21(18-23)13-12-20-8-5-4-6-9-20/h4-11,14-18,25-26H,12-13,19H2,1-3H3,(H,30,32)(H,33,34). The van der Waals surface area contributed by atoms with Gasteiger partial charge in [0, 0.05) is 28.7 Å². The lowest BCUT2D eigenvalue weighted by Gasteiger charge is -2.33. The van der Waals surface area contributed by atoms with Crippen LogP contribution < -0.4 is 5.32 Å². The van der Waals surface area contributed by atoms with Crippen LogP contribution in [0.5, 0.6) is 0 Å². The fourth-order valence-electron chi connectivity index (χ4n) is 4.57. The van der Waals surface area contributed by atoms with Crippen LogP contribution in [0.3, 0.4) is 0 Å². The van der Waals surface area contributed by atoms with Gasteiger partial charge in [0.2, 0.25) is 0 Å². The third kappa shape index (κ3) is 5.66. The van der Waals surface area contributed by atoms with Gasteiger partial charge >= 0.3 is 6.09 Å². The maximum Gasteiger partial charge on any atom is 0.408 e. The van der Waals surface area contributed by atoms with Gasteiger partial charge in [-0.05, 0) is 81.0 Å². The van der Waals surface area contributed by atoms with Crippen molar-refractivity contribution >= 4 is 17.7 Å². The summed E-state index contributed by atoms with van der Waals surface area (Å²) in [4.78, 5) is 26.1. The summed E-state index contributed by atoms with van der Waals surface area (Å²) in [6, 6.07) is 25.9. The average Bonchev–Trinajstić information content (AvgIpc) is 3.57. The predicted molar refractivity (Wildman–Crippen MR) is 135 cm³/mol. The first-order chi connectivity index (χ1) is 16.2. The second kappa shape index (κ2) is 9.72. The highest BCUT2D eigenvalue weighted by Crippen LogP contribution is 2.47. The van der Waals surface area contributed by atoms with E-state index in [1.54, 1.807) is 4.90 Å². The van der Waals surface area contributed by atoms with Gasteiger partial charge < -0.3 is 10.4 Å². The molecule has 0 saturated heterocycles. The number of hydrogen-bond donors (Lipinski definition) is 2. The average molecular weight is 457 g/mol. The maximum absolute atomic E-state index is 12.8. The molecule has 5 heteroatoms. The van der Waals surface area contributed by atoms with Gasteiger partial charge in [-0.2, -0.15) is 0 Å². The van der Waals surface area contributed by atoms with Crippen molar-refractivity contribution in [2.45, 2.75) is 57.5 Å². The molecule has 1 aliphatic rings. The highest BCUT2D eigenvalue weighted by atomic mass is 16.4. The quantitative estimate of drug-likeness (QED) is 0.435. The van der Waals surface area contributed by atoms with Gasteiger partial charge in [0.1, 0.15) is 0 Å². The largest absolute Gasteiger partial charge is 0.465 e. The van der Waals surface area contributed by atoms with Crippen molar-refractivity contribution in [3.05, 3.63) is 101 Å². The number of carbonyl (C=O) groups is 2. The van der Waals surface area contributed by atoms with E-state index in [2.05, 4.69) is 23.5 Å². The van der Waals surface area contributed by atoms with Crippen molar-refractivity contribution in [1.82, 2.24) is 4.90 Å². The van der Waals surface area contributed by atoms with E-state index in [0.717, 1.165) is 36.1 Å². The summed E-state index contributed by atoms with van der Waals surface area (Å²) in [5.41, 5.74) is 4.44. The Kier molecular flexibility index (Phi) is 6.73. The zero-order valence-electron chi connectivity index (χ0n) is 20.0. The molecule has 4 rings (SSSR count). The molecule has 5 nitrogen and oxygen atoms in total. The zero-order valence-corrected chi connectivity index (χ0v) is 20.0. The Bertz CT molecular complexity index is 1150. The normalized spacial score (nSPS) is 17.1. The number of benzene rings is 3. The Morgan fingerprint density at radius 2 is 1.56 bits per heavy atom. The molecule has 176 valence electrons. The van der Waals surface area contributed by atoms with Gasteiger partial charge in [-0.25, -0.2) is 4.79 Å². The van der Waals surface area contributed by atoms with E-state index in [4.69, 9.17) is 0 Å². The number of rotatable bonds is 7. The molecule has 3 aromatic rings. The van der Waals surface area contributed by atoms with Crippen molar-refractivity contribution in [2.24, 2.45) is 0 Å². The summed E-state index contributed by atoms with van der Waals surface area (Å²) in [6.45, 7) is 5.77. The molecule has 0 radical (unpaired) electrons. The number of anilines is 1. The second-order valence-electron chi connectivity index (χ2n) is 10.00. The molecule has 1 fully saturated rings. The third-order valence-electron chi connectivity index (χ3n) is 6.35. The molecule has 34 heavy (non-hydrogen) atoms. The van der Waals surface area contributed by atoms with Crippen LogP contribution in [0.15, 0.2) is 78.9 Å². The molecule has 2 N–H and O–H groups in total. The van der Waals surface area contributed by atoms with E-state index in [1.807, 2.05) is 81.4 Å². The van der Waals surface area contributed by atoms with Crippen LogP contribution in [0.2, 0.25) is 0 Å². The molecule has 1 aliphatic carbocycles. The lowest BCUT2D eigenvalue weighted by molar-refractivity contribution is 0.0939. The first kappa shape index (κ1) is 23.6. The first-order valence-corrected chi connectivity index (χ1v) is 11.8. The number of aryl methyl sites for hydroxylation is 2. The van der Waals surface area contributed by atoms with E-state index >= 15 is 0 Å². The van der Waals surface area contributed by atoms with Crippen LogP contribution in [-0.2, 0) is 12.8 Å². The molecule has 0 spiro atoms. The van der Waals surface area contributed by atoms with Gasteiger partial charge in [0.25, 0.3) is 5.91 Å². The number of carboxylic acid groups (broad SMARTS) is 1. The minimum atomic E-state index is -0.880. The zero-order chi connectivity index (χ0) is 24.3. The molecule has 0 aliphatic heterocycles. The van der Waals surface area contributed by atoms with Gasteiger partial charge in [-0.15, -0.1) is 0 Å². The van der Waals surface area contributed by atoms with Gasteiger partial charge in [-0.1, -0.05) is 54.6 Å². The van der Waals surface area contributed by atoms with Crippen LogP contribution in [0, 0.1) is 0 Å². The van der Waals surface area contributed by atoms with Crippen molar-refractivity contribution in [2.75, 3.05) is 5.32 Å². The molecule has 3 aromatic carbocycles. The second-order valence-corrected chi connectivity index (χ2v) is 10.00. The Balaban J connectivity index is 1.36. The predicted octanol–water partition coefficient (Wildman–Crippen LogP) is 6.36. The summed E-state index contributed by atoms with van der Waals surface area (Å²) in [7, 11) is 0. The van der Waals surface area contributed by atoms with E-state index in [9.17, 15) is 14.7 Å². The Morgan fingerprint density at radius 3 is 2.21 bits per heavy atom. The minimum Gasteiger partial charge on any atom is -0.465 e. The summed E-state index contributed by atoms with van der Waals surface area (Å²) in [6.07, 6.45) is 1.76. The van der Waals surface area contributed by atoms with Crippen molar-refractivity contribution in [1.29, 1.82) is 0 Å². The lowest BCUT2D eigenvalue weighted by Crippen LogP contribution is -2.46. The van der Waals surface area contributed by atoms with E-state index < -0.39 is 11.6 Å². The van der Waals surface area contributed by atoms with Gasteiger partial charge in [0.05, 0.1) is 0 Å². The molecule has 2 unspecified atom stereocenters. The highest BCUT2D eigenvalue weighted by molar-refractivity contribution is 6.04. The monoisotopic (exact) mass is 456 g/mol. The van der Waals surface area contributed by atoms with Crippen LogP contribution in [0.25, 0.3) is 0 Å². The summed E-state index contributed by atoms with van der Waals surface area (Å²) >= 11 is 0. The van der Waals surface area contributed by atoms with Crippen LogP contribution >= 0.6 is 0 Å². The van der Waals surface area contributed by atoms with E-state index in [-0.39, 0.29) is 17.9 Å². The summed E-state index contributed by atoms with van der Waals surface area (Å²) in [5, 5.41) is 12.6. The number of amides is 2. The summed E-state index contributed by atoms with van der Waals surface area (Å²) in [5.74, 6) is 0.0600. The molecular weight excluding hydrogens is 424 g/mol. The third-order valence-corrected chi connectivity index (χ3v) is 6.35. The fraction of sp³-hybridized carbons (Fsp3) is 0.310.